The highest BCUT2D eigenvalue weighted by Gasteiger charge is 2.34. The fourth-order valence-corrected chi connectivity index (χ4v) is 15.1. The minimum Gasteiger partial charge on any atom is -0.480 e. The zero-order chi connectivity index (χ0) is 98.0. The number of Topliss-reactive ketones (excluding diaryl/α,β-unsaturated/α-hetero) is 1. The van der Waals surface area contributed by atoms with Gasteiger partial charge in [0.2, 0.25) is 0 Å². The maximum absolute atomic E-state index is 13.4. The maximum Gasteiger partial charge on any atom is 0.407 e. The molecule has 2 aliphatic heterocycles. The quantitative estimate of drug-likeness (QED) is 0.0185. The summed E-state index contributed by atoms with van der Waals surface area (Å²) >= 11 is 0. The SMILES string of the molecule is CC(C)(C)OC(=O)CN1CCN(CC(=O)CCCOCCOCCNC(=O)OCC2c3ccccc3-c3ccccc32)CCN(CC(=O)OC(C)(C)C)CCN(CC(=O)OC(C)(C)C)CC1.CC(C)(C)OC(=O)CN1CCN(CC(=O)O)CCN(CC(=O)OC(C)(C)C)CCN(CC(=O)OC(C)(C)C)CC1.NCCOCCOCCNC(=O)OCC1c2ccccc2-c2ccccc21. The third-order valence-electron chi connectivity index (χ3n) is 20.7. The summed E-state index contributed by atoms with van der Waals surface area (Å²) in [7, 11) is 0. The summed E-state index contributed by atoms with van der Waals surface area (Å²) in [5.74, 6) is -2.98. The molecule has 2 saturated heterocycles. The van der Waals surface area contributed by atoms with Gasteiger partial charge in [0, 0.05) is 149 Å². The zero-order valence-electron chi connectivity index (χ0n) is 82.6. The molecule has 4 aromatic carbocycles. The van der Waals surface area contributed by atoms with Crippen molar-refractivity contribution in [2.24, 2.45) is 5.73 Å². The highest BCUT2D eigenvalue weighted by molar-refractivity contribution is 5.82. The minimum absolute atomic E-state index is 0.00591. The van der Waals surface area contributed by atoms with E-state index in [1.165, 1.54) is 33.4 Å². The number of esters is 6. The van der Waals surface area contributed by atoms with E-state index in [2.05, 4.69) is 64.1 Å². The molecule has 5 N–H and O–H groups in total. The number of benzene rings is 4. The molecule has 0 atom stereocenters. The van der Waals surface area contributed by atoms with Gasteiger partial charge in [-0.2, -0.15) is 0 Å². The van der Waals surface area contributed by atoms with Gasteiger partial charge in [0.1, 0.15) is 52.6 Å². The number of carboxylic acids is 1. The van der Waals surface area contributed by atoms with E-state index in [0.717, 1.165) is 11.1 Å². The lowest BCUT2D eigenvalue weighted by Gasteiger charge is -2.34. The summed E-state index contributed by atoms with van der Waals surface area (Å²) in [6, 6.07) is 32.9. The third-order valence-corrected chi connectivity index (χ3v) is 20.7. The Bertz CT molecular complexity index is 4080. The Morgan fingerprint density at radius 3 is 0.759 bits per heavy atom. The first-order valence-electron chi connectivity index (χ1n) is 46.7. The van der Waals surface area contributed by atoms with Gasteiger partial charge < -0.3 is 78.3 Å². The number of carbonyl (C=O) groups excluding carboxylic acids is 9. The number of amides is 2. The van der Waals surface area contributed by atoms with Gasteiger partial charge in [0.15, 0.2) is 0 Å². The van der Waals surface area contributed by atoms with Crippen molar-refractivity contribution in [1.82, 2.24) is 49.8 Å². The summed E-state index contributed by atoms with van der Waals surface area (Å²) < 4.78 is 66.5. The second-order valence-electron chi connectivity index (χ2n) is 39.5. The molecule has 2 fully saturated rings. The monoisotopic (exact) mass is 1870 g/mol. The lowest BCUT2D eigenvalue weighted by molar-refractivity contribution is -0.158. The Morgan fingerprint density at radius 1 is 0.308 bits per heavy atom. The van der Waals surface area contributed by atoms with Gasteiger partial charge in [0.25, 0.3) is 0 Å². The van der Waals surface area contributed by atoms with E-state index >= 15 is 0 Å². The normalized spacial score (nSPS) is 16.1. The second-order valence-corrected chi connectivity index (χ2v) is 39.5. The van der Waals surface area contributed by atoms with Crippen molar-refractivity contribution >= 4 is 59.8 Å². The Balaban J connectivity index is 0.000000342. The molecule has 4 aliphatic rings. The van der Waals surface area contributed by atoms with Crippen LogP contribution in [0, 0.1) is 0 Å². The number of hydrogen-bond donors (Lipinski definition) is 4. The first-order valence-corrected chi connectivity index (χ1v) is 46.7. The highest BCUT2D eigenvalue weighted by atomic mass is 16.6. The molecule has 0 bridgehead atoms. The summed E-state index contributed by atoms with van der Waals surface area (Å²) in [4.78, 5) is 142. The van der Waals surface area contributed by atoms with Gasteiger partial charge in [-0.05, 0) is 176 Å². The van der Waals surface area contributed by atoms with Gasteiger partial charge in [-0.25, -0.2) is 9.59 Å². The van der Waals surface area contributed by atoms with Crippen LogP contribution >= 0.6 is 0 Å². The molecule has 34 nitrogen and oxygen atoms in total. The number of nitrogens with zero attached hydrogens (tertiary/aromatic N) is 8. The summed E-state index contributed by atoms with van der Waals surface area (Å²) in [5, 5.41) is 14.9. The van der Waals surface area contributed by atoms with Crippen molar-refractivity contribution in [3.63, 3.8) is 0 Å². The van der Waals surface area contributed by atoms with Crippen molar-refractivity contribution in [2.45, 2.75) is 183 Å². The molecule has 0 saturated carbocycles. The van der Waals surface area contributed by atoms with Gasteiger partial charge >= 0.3 is 54.0 Å². The van der Waals surface area contributed by atoms with Crippen LogP contribution in [0.5, 0.6) is 0 Å². The molecule has 0 unspecified atom stereocenters. The lowest BCUT2D eigenvalue weighted by Crippen LogP contribution is -2.50. The molecule has 2 heterocycles. The molecule has 4 aromatic rings. The highest BCUT2D eigenvalue weighted by Crippen LogP contribution is 2.46. The summed E-state index contributed by atoms with van der Waals surface area (Å²) in [6.07, 6.45) is -0.0581. The Labute approximate surface area is 788 Å². The number of fused-ring (bicyclic) bond motifs is 6. The van der Waals surface area contributed by atoms with Crippen LogP contribution in [0.2, 0.25) is 0 Å². The number of aliphatic carboxylic acids is 1. The van der Waals surface area contributed by atoms with Crippen molar-refractivity contribution in [3.05, 3.63) is 119 Å². The fourth-order valence-electron chi connectivity index (χ4n) is 15.1. The number of hydrogen-bond acceptors (Lipinski definition) is 31. The van der Waals surface area contributed by atoms with Crippen LogP contribution in [0.3, 0.4) is 0 Å². The van der Waals surface area contributed by atoms with Gasteiger partial charge in [-0.3, -0.25) is 77.6 Å². The van der Waals surface area contributed by atoms with Crippen molar-refractivity contribution in [1.29, 1.82) is 0 Å². The molecular weight excluding hydrogens is 1710 g/mol. The molecule has 744 valence electrons. The Kier molecular flexibility index (Phi) is 47.7. The molecule has 0 aromatic heterocycles. The van der Waals surface area contributed by atoms with Crippen LogP contribution in [0.25, 0.3) is 22.3 Å². The van der Waals surface area contributed by atoms with Crippen LogP contribution in [0.15, 0.2) is 97.1 Å². The van der Waals surface area contributed by atoms with Crippen LogP contribution in [0.4, 0.5) is 9.59 Å². The number of rotatable bonds is 38. The van der Waals surface area contributed by atoms with E-state index in [1.54, 1.807) is 46.4 Å². The first-order chi connectivity index (χ1) is 62.6. The second kappa shape index (κ2) is 56.4. The van der Waals surface area contributed by atoms with Gasteiger partial charge in [-0.15, -0.1) is 0 Å². The van der Waals surface area contributed by atoms with Crippen LogP contribution < -0.4 is 16.4 Å². The number of ketones is 1. The summed E-state index contributed by atoms with van der Waals surface area (Å²) in [6.45, 7) is 45.4. The predicted octanol–water partition coefficient (Wildman–Crippen LogP) is 8.99. The van der Waals surface area contributed by atoms with Gasteiger partial charge in [0.05, 0.1) is 98.6 Å². The molecular formula is C99H155N11O23. The number of carbonyl (C=O) groups is 10. The number of alkyl carbamates (subject to hydrolysis) is 2. The van der Waals surface area contributed by atoms with E-state index < -0.39 is 51.8 Å². The first kappa shape index (κ1) is 113. The molecule has 133 heavy (non-hydrogen) atoms. The standard InChI is InChI=1S/C50H77N5O11.C28H52N4O8.C21H26N2O4/c1-48(2,3)64-44(57)34-53-23-21-52(22-24-54(35-45(58)65-49(4,5)6)26-28-55(27-25-53)36-46(59)66-50(7,8)9)33-38(56)15-14-29-61-31-32-62-30-20-51-47(60)63-37-43-41-18-12-10-16-39(41)40-17-11-13-19-42(40)43;1-26(2,3)38-23(35)19-30-12-10-29(18-22(33)34)11-13-31(20-24(36)39-27(4,5)6)15-17-32(16-14-30)21-25(37)40-28(7,8)9;22-9-11-25-13-14-26-12-10-23-21(24)27-15-20-18-7-3-1-5-16(18)17-6-2-4-8-19(17)20/h10-13,16-19,43H,14-15,20-37H2,1-9H3,(H,51,60);10-21H2,1-9H3,(H,33,34);1-8,20H,9-15,22H2,(H,23,24). The lowest BCUT2D eigenvalue weighted by atomic mass is 9.98. The minimum atomic E-state index is -0.951. The van der Waals surface area contributed by atoms with E-state index in [9.17, 15) is 53.1 Å². The smallest absolute Gasteiger partial charge is 0.407 e. The molecule has 2 amide bonds. The average molecular weight is 1870 g/mol. The molecule has 34 heteroatoms. The van der Waals surface area contributed by atoms with Gasteiger partial charge in [-0.1, -0.05) is 97.1 Å². The number of nitrogens with one attached hydrogen (secondary N) is 2. The summed E-state index contributed by atoms with van der Waals surface area (Å²) in [5.41, 5.74) is 11.0. The van der Waals surface area contributed by atoms with Crippen molar-refractivity contribution < 1.29 is 110 Å². The van der Waals surface area contributed by atoms with E-state index in [1.807, 2.05) is 161 Å². The number of carboxylic acid groups (broad SMARTS) is 1. The predicted molar refractivity (Wildman–Crippen MR) is 507 cm³/mol. The van der Waals surface area contributed by atoms with E-state index in [0.29, 0.717) is 197 Å². The largest absolute Gasteiger partial charge is 0.480 e. The molecule has 0 radical (unpaired) electrons. The fraction of sp³-hybridized carbons (Fsp3) is 0.657. The topological polar surface area (TPSA) is 378 Å². The van der Waals surface area contributed by atoms with E-state index in [-0.39, 0.29) is 112 Å². The third kappa shape index (κ3) is 47.8. The molecule has 8 rings (SSSR count). The zero-order valence-corrected chi connectivity index (χ0v) is 82.6. The molecule has 0 spiro atoms. The number of nitrogens with two attached hydrogens (primary N) is 1. The van der Waals surface area contributed by atoms with Crippen LogP contribution in [0.1, 0.15) is 172 Å². The van der Waals surface area contributed by atoms with Crippen LogP contribution in [-0.4, -0.2) is 380 Å². The van der Waals surface area contributed by atoms with Crippen LogP contribution in [-0.2, 0) is 95.2 Å². The Morgan fingerprint density at radius 2 is 0.526 bits per heavy atom. The van der Waals surface area contributed by atoms with Crippen molar-refractivity contribution in [2.75, 3.05) is 243 Å². The maximum atomic E-state index is 13.4. The average Bonchev–Trinajstić information content (AvgIpc) is 1.62. The number of ether oxygens (including phenoxy) is 12. The molecule has 2 aliphatic carbocycles. The Hall–Kier alpha value is -9.14. The van der Waals surface area contributed by atoms with Crippen molar-refractivity contribution in [3.8, 4) is 22.3 Å². The van der Waals surface area contributed by atoms with E-state index in [4.69, 9.17) is 62.6 Å².